The summed E-state index contributed by atoms with van der Waals surface area (Å²) in [5.74, 6) is 1.94. The molecule has 0 bridgehead atoms. The van der Waals surface area contributed by atoms with Gasteiger partial charge < -0.3 is 4.90 Å². The number of para-hydroxylation sites is 2. The van der Waals surface area contributed by atoms with Crippen molar-refractivity contribution in [2.24, 2.45) is 0 Å². The first-order valence-electron chi connectivity index (χ1n) is 22.1. The molecular weight excluding hydrogens is 809 g/mol. The number of rotatable bonds is 7. The molecule has 65 heavy (non-hydrogen) atoms. The first-order chi connectivity index (χ1) is 32.1. The van der Waals surface area contributed by atoms with Crippen LogP contribution in [0.2, 0.25) is 0 Å². The van der Waals surface area contributed by atoms with Crippen LogP contribution in [0.4, 0.5) is 17.1 Å². The third-order valence-electron chi connectivity index (χ3n) is 13.0. The molecule has 0 radical (unpaired) electrons. The van der Waals surface area contributed by atoms with Crippen molar-refractivity contribution in [2.75, 3.05) is 4.90 Å². The van der Waals surface area contributed by atoms with Gasteiger partial charge in [0.15, 0.2) is 17.5 Å². The summed E-state index contributed by atoms with van der Waals surface area (Å²) in [4.78, 5) is 17.7. The van der Waals surface area contributed by atoms with Crippen LogP contribution >= 0.6 is 11.3 Å². The minimum absolute atomic E-state index is 0.642. The Morgan fingerprint density at radius 2 is 0.862 bits per heavy atom. The Morgan fingerprint density at radius 3 is 1.43 bits per heavy atom. The number of nitrogens with zero attached hydrogens (tertiary/aromatic N) is 4. The van der Waals surface area contributed by atoms with Crippen molar-refractivity contribution in [3.8, 4) is 45.3 Å². The van der Waals surface area contributed by atoms with Crippen molar-refractivity contribution < 1.29 is 0 Å². The van der Waals surface area contributed by atoms with Gasteiger partial charge in [-0.3, -0.25) is 0 Å². The number of aryl methyl sites for hydroxylation is 2. The van der Waals surface area contributed by atoms with E-state index >= 15 is 0 Å². The smallest absolute Gasteiger partial charge is 0.164 e. The van der Waals surface area contributed by atoms with Crippen LogP contribution in [-0.4, -0.2) is 15.0 Å². The van der Waals surface area contributed by atoms with Crippen molar-refractivity contribution in [2.45, 2.75) is 19.3 Å². The molecule has 1 aliphatic heterocycles. The molecule has 0 amide bonds. The van der Waals surface area contributed by atoms with E-state index in [0.717, 1.165) is 44.9 Å². The fraction of sp³-hybridized carbons (Fsp3) is 0.0500. The number of thiophene rings is 1. The summed E-state index contributed by atoms with van der Waals surface area (Å²) < 4.78 is 2.60. The van der Waals surface area contributed by atoms with Gasteiger partial charge in [-0.25, -0.2) is 15.0 Å². The Labute approximate surface area is 382 Å². The zero-order valence-electron chi connectivity index (χ0n) is 36.0. The highest BCUT2D eigenvalue weighted by atomic mass is 32.1. The standard InChI is InChI=1S/C60H42N4S/c1-39-35-44(59-62-57(42-23-9-4-10-24-42)61-58(63-59)43-25-11-5-12-26-43)36-40(2)55(39)64-52-32-18-16-30-50(52)60(45-27-13-6-14-28-45,51-31-17-19-33-53(51)64)46-37-48(41-21-7-3-8-22-41)56-49(38-46)47-29-15-20-34-54(47)65-56/h3-38H,1-2H3. The topological polar surface area (TPSA) is 41.9 Å². The average molecular weight is 851 g/mol. The van der Waals surface area contributed by atoms with E-state index in [9.17, 15) is 0 Å². The molecule has 0 saturated carbocycles. The molecule has 0 unspecified atom stereocenters. The Hall–Kier alpha value is -7.99. The number of hydrogen-bond acceptors (Lipinski definition) is 5. The predicted octanol–water partition coefficient (Wildman–Crippen LogP) is 15.7. The van der Waals surface area contributed by atoms with Crippen molar-refractivity contribution in [3.63, 3.8) is 0 Å². The Kier molecular flexibility index (Phi) is 9.32. The quantitative estimate of drug-likeness (QED) is 0.160. The van der Waals surface area contributed by atoms with E-state index in [4.69, 9.17) is 15.0 Å². The molecule has 5 heteroatoms. The lowest BCUT2D eigenvalue weighted by molar-refractivity contribution is 0.732. The van der Waals surface area contributed by atoms with Crippen molar-refractivity contribution in [1.29, 1.82) is 0 Å². The maximum atomic E-state index is 5.11. The minimum Gasteiger partial charge on any atom is -0.309 e. The fourth-order valence-corrected chi connectivity index (χ4v) is 11.4. The second-order valence-corrected chi connectivity index (χ2v) is 17.9. The van der Waals surface area contributed by atoms with Gasteiger partial charge in [0.05, 0.1) is 22.5 Å². The zero-order chi connectivity index (χ0) is 43.5. The van der Waals surface area contributed by atoms with Gasteiger partial charge in [0.2, 0.25) is 0 Å². The molecule has 0 atom stereocenters. The molecule has 0 saturated heterocycles. The maximum absolute atomic E-state index is 5.11. The Bertz CT molecular complexity index is 3440. The zero-order valence-corrected chi connectivity index (χ0v) is 36.8. The van der Waals surface area contributed by atoms with Gasteiger partial charge in [0.25, 0.3) is 0 Å². The van der Waals surface area contributed by atoms with Crippen LogP contribution in [0.5, 0.6) is 0 Å². The van der Waals surface area contributed by atoms with Crippen LogP contribution in [0.25, 0.3) is 65.5 Å². The monoisotopic (exact) mass is 850 g/mol. The van der Waals surface area contributed by atoms with E-state index in [-0.39, 0.29) is 0 Å². The van der Waals surface area contributed by atoms with E-state index in [1.165, 1.54) is 53.6 Å². The second-order valence-electron chi connectivity index (χ2n) is 16.8. The van der Waals surface area contributed by atoms with Crippen molar-refractivity contribution in [1.82, 2.24) is 15.0 Å². The van der Waals surface area contributed by atoms with Crippen molar-refractivity contribution >= 4 is 48.6 Å². The molecule has 12 rings (SSSR count). The summed E-state index contributed by atoms with van der Waals surface area (Å²) in [6, 6.07) is 78.8. The summed E-state index contributed by atoms with van der Waals surface area (Å²) in [6.45, 7) is 4.44. The fourth-order valence-electron chi connectivity index (χ4n) is 10.2. The van der Waals surface area contributed by atoms with E-state index in [2.05, 4.69) is 201 Å². The van der Waals surface area contributed by atoms with E-state index < -0.39 is 5.41 Å². The summed E-state index contributed by atoms with van der Waals surface area (Å²) in [6.07, 6.45) is 0. The number of anilines is 3. The van der Waals surface area contributed by atoms with Gasteiger partial charge in [-0.1, -0.05) is 176 Å². The first kappa shape index (κ1) is 38.7. The number of benzene rings is 9. The predicted molar refractivity (Wildman–Crippen MR) is 270 cm³/mol. The lowest BCUT2D eigenvalue weighted by Gasteiger charge is -2.47. The second kappa shape index (κ2) is 15.7. The Balaban J connectivity index is 1.09. The van der Waals surface area contributed by atoms with Gasteiger partial charge in [0, 0.05) is 36.9 Å². The molecule has 4 nitrogen and oxygen atoms in total. The van der Waals surface area contributed by atoms with Crippen LogP contribution in [0, 0.1) is 13.8 Å². The molecule has 9 aromatic carbocycles. The van der Waals surface area contributed by atoms with E-state index in [1.54, 1.807) is 0 Å². The molecule has 11 aromatic rings. The summed E-state index contributed by atoms with van der Waals surface area (Å²) in [5.41, 5.74) is 15.2. The molecule has 3 heterocycles. The van der Waals surface area contributed by atoms with Gasteiger partial charge >= 0.3 is 0 Å². The molecule has 0 aliphatic carbocycles. The Morgan fingerprint density at radius 1 is 0.400 bits per heavy atom. The third-order valence-corrected chi connectivity index (χ3v) is 14.2. The third kappa shape index (κ3) is 6.30. The summed E-state index contributed by atoms with van der Waals surface area (Å²) in [7, 11) is 0. The minimum atomic E-state index is -0.667. The van der Waals surface area contributed by atoms with Crippen LogP contribution in [0.15, 0.2) is 218 Å². The molecule has 308 valence electrons. The average Bonchev–Trinajstić information content (AvgIpc) is 3.75. The number of fused-ring (bicyclic) bond motifs is 5. The van der Waals surface area contributed by atoms with E-state index in [0.29, 0.717) is 17.5 Å². The highest BCUT2D eigenvalue weighted by Crippen LogP contribution is 2.59. The SMILES string of the molecule is Cc1cc(-c2nc(-c3ccccc3)nc(-c3ccccc3)n2)cc(C)c1N1c2ccccc2C(c2ccccc2)(c2cc(-c3ccccc3)c3sc4ccccc4c3c2)c2ccccc21. The summed E-state index contributed by atoms with van der Waals surface area (Å²) >= 11 is 1.88. The molecule has 0 N–H and O–H groups in total. The largest absolute Gasteiger partial charge is 0.309 e. The molecule has 1 aliphatic rings. The molecular formula is C60H42N4S. The molecule has 2 aromatic heterocycles. The van der Waals surface area contributed by atoms with Crippen LogP contribution < -0.4 is 4.90 Å². The van der Waals surface area contributed by atoms with Crippen LogP contribution in [-0.2, 0) is 5.41 Å². The van der Waals surface area contributed by atoms with Crippen LogP contribution in [0.1, 0.15) is 33.4 Å². The summed E-state index contributed by atoms with van der Waals surface area (Å²) in [5, 5.41) is 2.56. The highest BCUT2D eigenvalue weighted by Gasteiger charge is 2.47. The number of aromatic nitrogens is 3. The van der Waals surface area contributed by atoms with Gasteiger partial charge in [0.1, 0.15) is 0 Å². The lowest BCUT2D eigenvalue weighted by Crippen LogP contribution is -2.38. The lowest BCUT2D eigenvalue weighted by atomic mass is 9.62. The van der Waals surface area contributed by atoms with Gasteiger partial charge in [-0.05, 0) is 101 Å². The van der Waals surface area contributed by atoms with Gasteiger partial charge in [-0.2, -0.15) is 0 Å². The van der Waals surface area contributed by atoms with Crippen LogP contribution in [0.3, 0.4) is 0 Å². The molecule has 0 fully saturated rings. The highest BCUT2D eigenvalue weighted by molar-refractivity contribution is 7.26. The first-order valence-corrected chi connectivity index (χ1v) is 22.9. The molecule has 0 spiro atoms. The number of hydrogen-bond donors (Lipinski definition) is 0. The normalized spacial score (nSPS) is 12.9. The van der Waals surface area contributed by atoms with E-state index in [1.807, 2.05) is 47.7 Å². The maximum Gasteiger partial charge on any atom is 0.164 e. The van der Waals surface area contributed by atoms with Crippen molar-refractivity contribution in [3.05, 3.63) is 252 Å². The van der Waals surface area contributed by atoms with Gasteiger partial charge in [-0.15, -0.1) is 11.3 Å².